The van der Waals surface area contributed by atoms with Crippen molar-refractivity contribution in [2.24, 2.45) is 12.0 Å². The number of guanidine groups is 1. The topological polar surface area (TPSA) is 67.1 Å². The molecule has 18 heavy (non-hydrogen) atoms. The Morgan fingerprint density at radius 3 is 2.89 bits per heavy atom. The van der Waals surface area contributed by atoms with Crippen LogP contribution >= 0.6 is 0 Å². The third kappa shape index (κ3) is 3.32. The van der Waals surface area contributed by atoms with Crippen LogP contribution in [0.3, 0.4) is 0 Å². The van der Waals surface area contributed by atoms with Gasteiger partial charge in [0.15, 0.2) is 11.8 Å². The predicted molar refractivity (Wildman–Crippen MR) is 71.1 cm³/mol. The molecule has 1 aliphatic rings. The Morgan fingerprint density at radius 2 is 2.28 bits per heavy atom. The highest BCUT2D eigenvalue weighted by molar-refractivity contribution is 5.80. The van der Waals surface area contributed by atoms with Crippen LogP contribution in [0.25, 0.3) is 0 Å². The molecule has 1 aliphatic carbocycles. The summed E-state index contributed by atoms with van der Waals surface area (Å²) in [5.74, 6) is 1.70. The quantitative estimate of drug-likeness (QED) is 0.465. The van der Waals surface area contributed by atoms with Gasteiger partial charge in [-0.15, -0.1) is 10.2 Å². The average molecular weight is 248 g/mol. The number of aryl methyl sites for hydroxylation is 1. The fourth-order valence-corrected chi connectivity index (χ4v) is 1.85. The van der Waals surface area contributed by atoms with Crippen LogP contribution in [0.15, 0.2) is 23.5 Å². The summed E-state index contributed by atoms with van der Waals surface area (Å²) in [6.45, 7) is 3.45. The predicted octanol–water partition coefficient (Wildman–Crippen LogP) is 0.589. The van der Waals surface area contributed by atoms with E-state index in [1.54, 1.807) is 6.33 Å². The third-order valence-electron chi connectivity index (χ3n) is 2.88. The Bertz CT molecular complexity index is 426. The van der Waals surface area contributed by atoms with Crippen LogP contribution in [0.4, 0.5) is 0 Å². The van der Waals surface area contributed by atoms with Gasteiger partial charge in [-0.1, -0.05) is 12.2 Å². The maximum absolute atomic E-state index is 4.52. The highest BCUT2D eigenvalue weighted by Crippen LogP contribution is 2.08. The molecule has 0 spiro atoms. The first-order valence-electron chi connectivity index (χ1n) is 6.32. The second kappa shape index (κ2) is 6.18. The van der Waals surface area contributed by atoms with Crippen molar-refractivity contribution in [2.45, 2.75) is 32.4 Å². The lowest BCUT2D eigenvalue weighted by atomic mass is 10.2. The van der Waals surface area contributed by atoms with E-state index < -0.39 is 0 Å². The standard InChI is InChI=1S/C12H20N6/c1-3-13-12(16-10-6-4-5-7-10)14-8-11-17-15-9-18(11)2/h4-5,9-10H,3,6-8H2,1-2H3,(H2,13,14,16). The zero-order valence-corrected chi connectivity index (χ0v) is 10.9. The van der Waals surface area contributed by atoms with E-state index in [-0.39, 0.29) is 0 Å². The van der Waals surface area contributed by atoms with Gasteiger partial charge in [-0.25, -0.2) is 4.99 Å². The first-order valence-corrected chi connectivity index (χ1v) is 6.32. The van der Waals surface area contributed by atoms with Crippen molar-refractivity contribution in [1.29, 1.82) is 0 Å². The fourth-order valence-electron chi connectivity index (χ4n) is 1.85. The summed E-state index contributed by atoms with van der Waals surface area (Å²) < 4.78 is 1.88. The Kier molecular flexibility index (Phi) is 4.33. The molecular formula is C12H20N6. The van der Waals surface area contributed by atoms with Crippen LogP contribution < -0.4 is 10.6 Å². The zero-order chi connectivity index (χ0) is 12.8. The van der Waals surface area contributed by atoms with Gasteiger partial charge >= 0.3 is 0 Å². The van der Waals surface area contributed by atoms with Crippen LogP contribution in [-0.4, -0.2) is 33.3 Å². The molecular weight excluding hydrogens is 228 g/mol. The number of nitrogens with one attached hydrogen (secondary N) is 2. The summed E-state index contributed by atoms with van der Waals surface area (Å²) in [7, 11) is 1.92. The minimum atomic E-state index is 0.460. The van der Waals surface area contributed by atoms with Crippen molar-refractivity contribution in [3.8, 4) is 0 Å². The Morgan fingerprint density at radius 1 is 1.50 bits per heavy atom. The maximum Gasteiger partial charge on any atom is 0.191 e. The minimum absolute atomic E-state index is 0.460. The molecule has 0 aromatic carbocycles. The van der Waals surface area contributed by atoms with E-state index in [1.807, 2.05) is 11.6 Å². The van der Waals surface area contributed by atoms with Crippen LogP contribution in [0, 0.1) is 0 Å². The van der Waals surface area contributed by atoms with Gasteiger partial charge < -0.3 is 15.2 Å². The molecule has 1 aromatic rings. The SMILES string of the molecule is CCNC(=NCc1nncn1C)NC1CC=CC1. The third-order valence-corrected chi connectivity index (χ3v) is 2.88. The monoisotopic (exact) mass is 248 g/mol. The number of aromatic nitrogens is 3. The molecule has 0 saturated heterocycles. The Balaban J connectivity index is 1.93. The molecule has 1 heterocycles. The second-order valence-corrected chi connectivity index (χ2v) is 4.34. The van der Waals surface area contributed by atoms with Crippen molar-refractivity contribution < 1.29 is 0 Å². The molecule has 0 unspecified atom stereocenters. The summed E-state index contributed by atoms with van der Waals surface area (Å²) in [6.07, 6.45) is 8.21. The molecule has 0 amide bonds. The molecule has 6 heteroatoms. The number of rotatable bonds is 4. The summed E-state index contributed by atoms with van der Waals surface area (Å²) in [4.78, 5) is 4.52. The molecule has 0 atom stereocenters. The summed E-state index contributed by atoms with van der Waals surface area (Å²) in [5, 5.41) is 14.5. The van der Waals surface area contributed by atoms with E-state index in [0.717, 1.165) is 31.2 Å². The summed E-state index contributed by atoms with van der Waals surface area (Å²) >= 11 is 0. The first-order chi connectivity index (χ1) is 8.79. The van der Waals surface area contributed by atoms with Crippen LogP contribution in [-0.2, 0) is 13.6 Å². The summed E-state index contributed by atoms with van der Waals surface area (Å²) in [5.41, 5.74) is 0. The fraction of sp³-hybridized carbons (Fsp3) is 0.583. The minimum Gasteiger partial charge on any atom is -0.357 e. The molecule has 0 saturated carbocycles. The second-order valence-electron chi connectivity index (χ2n) is 4.34. The highest BCUT2D eigenvalue weighted by Gasteiger charge is 2.11. The molecule has 0 radical (unpaired) electrons. The van der Waals surface area contributed by atoms with Gasteiger partial charge in [-0.3, -0.25) is 0 Å². The molecule has 0 bridgehead atoms. The number of hydrogen-bond donors (Lipinski definition) is 2. The van der Waals surface area contributed by atoms with E-state index >= 15 is 0 Å². The van der Waals surface area contributed by atoms with Crippen molar-refractivity contribution in [3.05, 3.63) is 24.3 Å². The normalized spacial score (nSPS) is 16.2. The van der Waals surface area contributed by atoms with Gasteiger partial charge in [0.2, 0.25) is 0 Å². The summed E-state index contributed by atoms with van der Waals surface area (Å²) in [6, 6.07) is 0.460. The number of nitrogens with zero attached hydrogens (tertiary/aromatic N) is 4. The smallest absolute Gasteiger partial charge is 0.191 e. The number of hydrogen-bond acceptors (Lipinski definition) is 3. The van der Waals surface area contributed by atoms with Gasteiger partial charge in [-0.2, -0.15) is 0 Å². The van der Waals surface area contributed by atoms with Crippen molar-refractivity contribution in [1.82, 2.24) is 25.4 Å². The van der Waals surface area contributed by atoms with Gasteiger partial charge in [0.25, 0.3) is 0 Å². The zero-order valence-electron chi connectivity index (χ0n) is 10.9. The number of aliphatic imine (C=N–C) groups is 1. The van der Waals surface area contributed by atoms with Crippen molar-refractivity contribution in [3.63, 3.8) is 0 Å². The average Bonchev–Trinajstić information content (AvgIpc) is 2.98. The van der Waals surface area contributed by atoms with Gasteiger partial charge in [0, 0.05) is 19.6 Å². The van der Waals surface area contributed by atoms with E-state index in [9.17, 15) is 0 Å². The largest absolute Gasteiger partial charge is 0.357 e. The van der Waals surface area contributed by atoms with E-state index in [4.69, 9.17) is 0 Å². The lowest BCUT2D eigenvalue weighted by Crippen LogP contribution is -2.42. The molecule has 0 aliphatic heterocycles. The Hall–Kier alpha value is -1.85. The van der Waals surface area contributed by atoms with E-state index in [1.165, 1.54) is 0 Å². The molecule has 2 rings (SSSR count). The van der Waals surface area contributed by atoms with E-state index in [2.05, 4.69) is 44.9 Å². The highest BCUT2D eigenvalue weighted by atomic mass is 15.3. The molecule has 1 aromatic heterocycles. The first kappa shape index (κ1) is 12.6. The van der Waals surface area contributed by atoms with Gasteiger partial charge in [-0.05, 0) is 19.8 Å². The van der Waals surface area contributed by atoms with Gasteiger partial charge in [0.05, 0.1) is 0 Å². The van der Waals surface area contributed by atoms with Gasteiger partial charge in [0.1, 0.15) is 12.9 Å². The van der Waals surface area contributed by atoms with Crippen LogP contribution in [0.5, 0.6) is 0 Å². The molecule has 98 valence electrons. The molecule has 2 N–H and O–H groups in total. The van der Waals surface area contributed by atoms with Crippen molar-refractivity contribution >= 4 is 5.96 Å². The lowest BCUT2D eigenvalue weighted by Gasteiger charge is -2.16. The van der Waals surface area contributed by atoms with E-state index in [0.29, 0.717) is 12.6 Å². The maximum atomic E-state index is 4.52. The Labute approximate surface area is 107 Å². The lowest BCUT2D eigenvalue weighted by molar-refractivity contribution is 0.631. The molecule has 0 fully saturated rings. The van der Waals surface area contributed by atoms with Crippen molar-refractivity contribution in [2.75, 3.05) is 6.54 Å². The van der Waals surface area contributed by atoms with Crippen LogP contribution in [0.1, 0.15) is 25.6 Å². The van der Waals surface area contributed by atoms with Crippen LogP contribution in [0.2, 0.25) is 0 Å². The molecule has 6 nitrogen and oxygen atoms in total.